The molecule has 0 saturated heterocycles. The highest BCUT2D eigenvalue weighted by Crippen LogP contribution is 2.43. The summed E-state index contributed by atoms with van der Waals surface area (Å²) in [5, 5.41) is 5.53. The van der Waals surface area contributed by atoms with E-state index in [1.807, 2.05) is 65.9 Å². The largest absolute Gasteiger partial charge is 0.483 e. The molecule has 0 bridgehead atoms. The molecule has 170 valence electrons. The van der Waals surface area contributed by atoms with Gasteiger partial charge in [-0.1, -0.05) is 47.7 Å². The molecule has 0 radical (unpaired) electrons. The van der Waals surface area contributed by atoms with Crippen molar-refractivity contribution in [3.63, 3.8) is 0 Å². The summed E-state index contributed by atoms with van der Waals surface area (Å²) in [5.74, 6) is -0.170. The third-order valence-electron chi connectivity index (χ3n) is 5.22. The van der Waals surface area contributed by atoms with Gasteiger partial charge in [0.05, 0.1) is 23.9 Å². The normalized spacial score (nSPS) is 16.9. The van der Waals surface area contributed by atoms with Gasteiger partial charge in [0, 0.05) is 17.5 Å². The number of hydrogen-bond acceptors (Lipinski definition) is 7. The number of allylic oxidation sites excluding steroid dienone is 1. The maximum absolute atomic E-state index is 12.9. The Labute approximate surface area is 197 Å². The third-order valence-corrected chi connectivity index (χ3v) is 5.99. The van der Waals surface area contributed by atoms with Crippen LogP contribution >= 0.6 is 11.8 Å². The number of amides is 1. The molecule has 0 saturated carbocycles. The van der Waals surface area contributed by atoms with Crippen LogP contribution in [-0.2, 0) is 14.3 Å². The molecule has 2 aromatic rings. The van der Waals surface area contributed by atoms with Gasteiger partial charge in [0.25, 0.3) is 5.91 Å². The van der Waals surface area contributed by atoms with E-state index in [1.54, 1.807) is 19.9 Å². The van der Waals surface area contributed by atoms with Crippen LogP contribution in [-0.4, -0.2) is 35.2 Å². The summed E-state index contributed by atoms with van der Waals surface area (Å²) < 4.78 is 11.3. The SMILES string of the molecule is CCOC(=O)C1=C(C)N=C2SC=CN2[C@H]1c1ccccc1OCC(=O)Nc1ccc(C)cc1. The molecule has 0 unspecified atom stereocenters. The van der Waals surface area contributed by atoms with Crippen molar-refractivity contribution in [2.45, 2.75) is 26.8 Å². The average molecular weight is 464 g/mol. The number of aryl methyl sites for hydroxylation is 1. The summed E-state index contributed by atoms with van der Waals surface area (Å²) in [6.45, 7) is 5.67. The first-order chi connectivity index (χ1) is 16.0. The van der Waals surface area contributed by atoms with E-state index >= 15 is 0 Å². The number of anilines is 1. The van der Waals surface area contributed by atoms with Crippen LogP contribution in [0.4, 0.5) is 5.69 Å². The summed E-state index contributed by atoms with van der Waals surface area (Å²) in [4.78, 5) is 31.9. The highest BCUT2D eigenvalue weighted by atomic mass is 32.2. The van der Waals surface area contributed by atoms with Crippen molar-refractivity contribution < 1.29 is 19.1 Å². The monoisotopic (exact) mass is 463 g/mol. The number of hydrogen-bond donors (Lipinski definition) is 1. The molecule has 8 heteroatoms. The van der Waals surface area contributed by atoms with Crippen LogP contribution in [0.3, 0.4) is 0 Å². The molecule has 2 aliphatic rings. The van der Waals surface area contributed by atoms with E-state index in [0.29, 0.717) is 22.7 Å². The lowest BCUT2D eigenvalue weighted by atomic mass is 9.94. The summed E-state index contributed by atoms with van der Waals surface area (Å²) in [5.41, 5.74) is 3.63. The van der Waals surface area contributed by atoms with Gasteiger partial charge < -0.3 is 19.7 Å². The number of para-hydroxylation sites is 1. The molecule has 0 spiro atoms. The van der Waals surface area contributed by atoms with Gasteiger partial charge in [-0.15, -0.1) is 0 Å². The highest BCUT2D eigenvalue weighted by Gasteiger charge is 2.38. The molecular formula is C25H25N3O4S. The van der Waals surface area contributed by atoms with E-state index in [9.17, 15) is 9.59 Å². The van der Waals surface area contributed by atoms with Crippen molar-refractivity contribution in [2.75, 3.05) is 18.5 Å². The Hall–Kier alpha value is -3.52. The quantitative estimate of drug-likeness (QED) is 0.595. The van der Waals surface area contributed by atoms with E-state index < -0.39 is 12.0 Å². The summed E-state index contributed by atoms with van der Waals surface area (Å²) in [7, 11) is 0. The Kier molecular flexibility index (Phi) is 6.84. The fourth-order valence-electron chi connectivity index (χ4n) is 3.69. The molecule has 7 nitrogen and oxygen atoms in total. The van der Waals surface area contributed by atoms with Crippen LogP contribution in [0.1, 0.15) is 31.0 Å². The van der Waals surface area contributed by atoms with E-state index in [4.69, 9.17) is 9.47 Å². The van der Waals surface area contributed by atoms with Crippen LogP contribution in [0.25, 0.3) is 0 Å². The van der Waals surface area contributed by atoms with Crippen molar-refractivity contribution in [3.05, 3.63) is 82.5 Å². The second-order valence-corrected chi connectivity index (χ2v) is 8.44. The number of nitrogens with one attached hydrogen (secondary N) is 1. The third kappa shape index (κ3) is 4.96. The van der Waals surface area contributed by atoms with Crippen molar-refractivity contribution in [1.29, 1.82) is 0 Å². The predicted octanol–water partition coefficient (Wildman–Crippen LogP) is 4.78. The Morgan fingerprint density at radius 2 is 1.88 bits per heavy atom. The van der Waals surface area contributed by atoms with Crippen LogP contribution in [0.5, 0.6) is 5.75 Å². The van der Waals surface area contributed by atoms with Gasteiger partial charge in [0.2, 0.25) is 0 Å². The second kappa shape index (κ2) is 9.95. The number of aliphatic imine (C=N–C) groups is 1. The molecule has 2 aromatic carbocycles. The van der Waals surface area contributed by atoms with Crippen molar-refractivity contribution in [1.82, 2.24) is 4.90 Å². The van der Waals surface area contributed by atoms with E-state index in [1.165, 1.54) is 11.8 Å². The van der Waals surface area contributed by atoms with Gasteiger partial charge in [-0.25, -0.2) is 9.79 Å². The molecule has 1 N–H and O–H groups in total. The summed E-state index contributed by atoms with van der Waals surface area (Å²) in [6, 6.07) is 14.5. The van der Waals surface area contributed by atoms with Crippen LogP contribution in [0.15, 0.2) is 76.4 Å². The summed E-state index contributed by atoms with van der Waals surface area (Å²) >= 11 is 1.49. The topological polar surface area (TPSA) is 80.2 Å². The lowest BCUT2D eigenvalue weighted by molar-refractivity contribution is -0.139. The zero-order valence-electron chi connectivity index (χ0n) is 18.7. The smallest absolute Gasteiger partial charge is 0.338 e. The zero-order valence-corrected chi connectivity index (χ0v) is 19.5. The maximum Gasteiger partial charge on any atom is 0.338 e. The van der Waals surface area contributed by atoms with Gasteiger partial charge >= 0.3 is 5.97 Å². The predicted molar refractivity (Wildman–Crippen MR) is 130 cm³/mol. The number of benzene rings is 2. The standard InChI is InChI=1S/C25H25N3O4S/c1-4-31-24(30)22-17(3)26-25-28(13-14-33-25)23(22)19-7-5-6-8-20(19)32-15-21(29)27-18-11-9-16(2)10-12-18/h5-14,23H,4,15H2,1-3H3,(H,27,29)/t23-/m0/s1. The minimum Gasteiger partial charge on any atom is -0.483 e. The van der Waals surface area contributed by atoms with Crippen LogP contribution in [0.2, 0.25) is 0 Å². The highest BCUT2D eigenvalue weighted by molar-refractivity contribution is 8.16. The Balaban J connectivity index is 1.59. The molecular weight excluding hydrogens is 438 g/mol. The molecule has 0 aliphatic carbocycles. The van der Waals surface area contributed by atoms with Crippen LogP contribution < -0.4 is 10.1 Å². The fraction of sp³-hybridized carbons (Fsp3) is 0.240. The number of thioether (sulfide) groups is 1. The van der Waals surface area contributed by atoms with Crippen molar-refractivity contribution >= 4 is 34.5 Å². The lowest BCUT2D eigenvalue weighted by Gasteiger charge is -2.34. The maximum atomic E-state index is 12.9. The second-order valence-electron chi connectivity index (χ2n) is 7.57. The first-order valence-electron chi connectivity index (χ1n) is 10.6. The van der Waals surface area contributed by atoms with Gasteiger partial charge in [-0.3, -0.25) is 4.79 Å². The van der Waals surface area contributed by atoms with Gasteiger partial charge in [-0.2, -0.15) is 0 Å². The van der Waals surface area contributed by atoms with Crippen molar-refractivity contribution in [2.24, 2.45) is 4.99 Å². The van der Waals surface area contributed by atoms with E-state index in [-0.39, 0.29) is 19.1 Å². The summed E-state index contributed by atoms with van der Waals surface area (Å²) in [6.07, 6.45) is 1.89. The number of carbonyl (C=O) groups is 2. The molecule has 2 aliphatic heterocycles. The first-order valence-corrected chi connectivity index (χ1v) is 11.5. The number of esters is 1. The van der Waals surface area contributed by atoms with E-state index in [0.717, 1.165) is 16.3 Å². The molecule has 33 heavy (non-hydrogen) atoms. The Bertz CT molecular complexity index is 1150. The van der Waals surface area contributed by atoms with Crippen molar-refractivity contribution in [3.8, 4) is 5.75 Å². The van der Waals surface area contributed by atoms with Gasteiger partial charge in [-0.05, 0) is 44.4 Å². The molecule has 0 fully saturated rings. The minimum absolute atomic E-state index is 0.166. The molecule has 1 amide bonds. The molecule has 4 rings (SSSR count). The Morgan fingerprint density at radius 1 is 1.12 bits per heavy atom. The number of nitrogens with zero attached hydrogens (tertiary/aromatic N) is 2. The average Bonchev–Trinajstić information content (AvgIpc) is 3.27. The number of fused-ring (bicyclic) bond motifs is 1. The fourth-order valence-corrected chi connectivity index (χ4v) is 4.48. The van der Waals surface area contributed by atoms with Crippen LogP contribution in [0, 0.1) is 6.92 Å². The first kappa shape index (κ1) is 22.7. The number of amidine groups is 1. The lowest BCUT2D eigenvalue weighted by Crippen LogP contribution is -2.34. The minimum atomic E-state index is -0.473. The number of ether oxygens (including phenoxy) is 2. The molecule has 1 atom stereocenters. The zero-order chi connectivity index (χ0) is 23.4. The van der Waals surface area contributed by atoms with E-state index in [2.05, 4.69) is 10.3 Å². The number of carbonyl (C=O) groups excluding carboxylic acids is 2. The molecule has 0 aromatic heterocycles. The van der Waals surface area contributed by atoms with Gasteiger partial charge in [0.15, 0.2) is 11.8 Å². The number of rotatable bonds is 7. The van der Waals surface area contributed by atoms with Gasteiger partial charge in [0.1, 0.15) is 5.75 Å². The Morgan fingerprint density at radius 3 is 2.64 bits per heavy atom. The molecule has 2 heterocycles.